The topological polar surface area (TPSA) is 61.0 Å². The Balaban J connectivity index is 1.72. The van der Waals surface area contributed by atoms with Crippen molar-refractivity contribution in [2.75, 3.05) is 19.8 Å². The molecule has 7 heteroatoms. The Hall–Kier alpha value is -1.99. The lowest BCUT2D eigenvalue weighted by Crippen LogP contribution is -2.36. The van der Waals surface area contributed by atoms with E-state index in [4.69, 9.17) is 4.74 Å². The fourth-order valence-electron chi connectivity index (χ4n) is 3.16. The summed E-state index contributed by atoms with van der Waals surface area (Å²) in [6, 6.07) is 0. The minimum atomic E-state index is 0.278. The lowest BCUT2D eigenvalue weighted by molar-refractivity contribution is 0.111. The van der Waals surface area contributed by atoms with Crippen LogP contribution in [-0.2, 0) is 31.4 Å². The van der Waals surface area contributed by atoms with E-state index >= 15 is 0 Å². The number of hydrogen-bond acceptors (Lipinski definition) is 5. The second-order valence-corrected chi connectivity index (χ2v) is 5.94. The molecule has 0 aliphatic carbocycles. The SMILES string of the molecule is C=CCOCC1CN(Cc2cnn(CC)c2)Cc2nnn(C)c21. The van der Waals surface area contributed by atoms with Crippen LogP contribution in [0, 0.1) is 0 Å². The third-order valence-electron chi connectivity index (χ3n) is 4.15. The van der Waals surface area contributed by atoms with Gasteiger partial charge in [-0.05, 0) is 6.92 Å². The maximum Gasteiger partial charge on any atom is 0.100 e. The molecule has 1 aliphatic rings. The zero-order chi connectivity index (χ0) is 16.2. The van der Waals surface area contributed by atoms with Crippen LogP contribution in [0.3, 0.4) is 0 Å². The summed E-state index contributed by atoms with van der Waals surface area (Å²) in [4.78, 5) is 2.38. The van der Waals surface area contributed by atoms with Crippen LogP contribution in [-0.4, -0.2) is 49.4 Å². The smallest absolute Gasteiger partial charge is 0.100 e. The second-order valence-electron chi connectivity index (χ2n) is 5.94. The quantitative estimate of drug-likeness (QED) is 0.570. The van der Waals surface area contributed by atoms with Gasteiger partial charge in [-0.3, -0.25) is 14.3 Å². The molecule has 0 N–H and O–H groups in total. The summed E-state index contributed by atoms with van der Waals surface area (Å²) < 4.78 is 9.53. The molecule has 7 nitrogen and oxygen atoms in total. The summed E-state index contributed by atoms with van der Waals surface area (Å²) >= 11 is 0. The van der Waals surface area contributed by atoms with Gasteiger partial charge in [-0.1, -0.05) is 11.3 Å². The number of fused-ring (bicyclic) bond motifs is 1. The minimum Gasteiger partial charge on any atom is -0.377 e. The zero-order valence-electron chi connectivity index (χ0n) is 13.9. The molecule has 0 saturated heterocycles. The number of aryl methyl sites for hydroxylation is 2. The van der Waals surface area contributed by atoms with E-state index in [0.29, 0.717) is 13.2 Å². The van der Waals surface area contributed by atoms with E-state index in [-0.39, 0.29) is 5.92 Å². The first-order valence-corrected chi connectivity index (χ1v) is 8.02. The molecule has 0 spiro atoms. The van der Waals surface area contributed by atoms with Crippen LogP contribution in [0.15, 0.2) is 25.0 Å². The first-order valence-electron chi connectivity index (χ1n) is 8.02. The summed E-state index contributed by atoms with van der Waals surface area (Å²) in [5.74, 6) is 0.278. The molecule has 0 aromatic carbocycles. The first kappa shape index (κ1) is 15.9. The average molecular weight is 316 g/mol. The number of nitrogens with zero attached hydrogens (tertiary/aromatic N) is 6. The molecule has 124 valence electrons. The highest BCUT2D eigenvalue weighted by Crippen LogP contribution is 2.27. The highest BCUT2D eigenvalue weighted by Gasteiger charge is 2.30. The number of rotatable bonds is 7. The van der Waals surface area contributed by atoms with E-state index in [2.05, 4.69) is 40.0 Å². The summed E-state index contributed by atoms with van der Waals surface area (Å²) in [7, 11) is 1.95. The summed E-state index contributed by atoms with van der Waals surface area (Å²) in [5.41, 5.74) is 3.47. The van der Waals surface area contributed by atoms with Gasteiger partial charge in [0.15, 0.2) is 0 Å². The van der Waals surface area contributed by atoms with Gasteiger partial charge in [0.1, 0.15) is 5.69 Å². The van der Waals surface area contributed by atoms with Crippen LogP contribution in [0.4, 0.5) is 0 Å². The van der Waals surface area contributed by atoms with Gasteiger partial charge in [-0.25, -0.2) is 0 Å². The van der Waals surface area contributed by atoms with Gasteiger partial charge in [0.25, 0.3) is 0 Å². The third-order valence-corrected chi connectivity index (χ3v) is 4.15. The minimum absolute atomic E-state index is 0.278. The van der Waals surface area contributed by atoms with Gasteiger partial charge in [-0.2, -0.15) is 5.10 Å². The highest BCUT2D eigenvalue weighted by atomic mass is 16.5. The molecular formula is C16H24N6O. The molecule has 0 amide bonds. The van der Waals surface area contributed by atoms with E-state index < -0.39 is 0 Å². The predicted octanol–water partition coefficient (Wildman–Crippen LogP) is 1.33. The van der Waals surface area contributed by atoms with E-state index in [1.807, 2.05) is 22.6 Å². The Morgan fingerprint density at radius 2 is 2.35 bits per heavy atom. The normalized spacial score (nSPS) is 18.1. The zero-order valence-corrected chi connectivity index (χ0v) is 13.9. The fourth-order valence-corrected chi connectivity index (χ4v) is 3.16. The number of ether oxygens (including phenoxy) is 1. The molecule has 3 rings (SSSR count). The summed E-state index contributed by atoms with van der Waals surface area (Å²) in [6.45, 7) is 10.5. The maximum atomic E-state index is 5.69. The molecule has 0 radical (unpaired) electrons. The van der Waals surface area contributed by atoms with E-state index in [1.165, 1.54) is 11.3 Å². The molecular weight excluding hydrogens is 292 g/mol. The van der Waals surface area contributed by atoms with E-state index in [0.717, 1.165) is 31.9 Å². The van der Waals surface area contributed by atoms with Crippen LogP contribution in [0.5, 0.6) is 0 Å². The van der Waals surface area contributed by atoms with Crippen LogP contribution in [0.25, 0.3) is 0 Å². The van der Waals surface area contributed by atoms with Crippen molar-refractivity contribution < 1.29 is 4.74 Å². The lowest BCUT2D eigenvalue weighted by atomic mass is 9.98. The molecule has 0 saturated carbocycles. The molecule has 1 aliphatic heterocycles. The van der Waals surface area contributed by atoms with Crippen molar-refractivity contribution in [2.45, 2.75) is 32.5 Å². The van der Waals surface area contributed by atoms with Gasteiger partial charge < -0.3 is 4.74 Å². The van der Waals surface area contributed by atoms with Crippen molar-refractivity contribution in [1.29, 1.82) is 0 Å². The Bertz CT molecular complexity index is 661. The summed E-state index contributed by atoms with van der Waals surface area (Å²) in [6.07, 6.45) is 5.83. The molecule has 3 heterocycles. The molecule has 23 heavy (non-hydrogen) atoms. The number of hydrogen-bond donors (Lipinski definition) is 0. The molecule has 1 unspecified atom stereocenters. The van der Waals surface area contributed by atoms with Gasteiger partial charge in [0.05, 0.1) is 25.1 Å². The molecule has 0 bridgehead atoms. The van der Waals surface area contributed by atoms with Gasteiger partial charge in [0, 0.05) is 50.9 Å². The van der Waals surface area contributed by atoms with Crippen LogP contribution >= 0.6 is 0 Å². The molecule has 2 aromatic rings. The Morgan fingerprint density at radius 1 is 1.48 bits per heavy atom. The Labute approximate surface area is 136 Å². The average Bonchev–Trinajstić information content (AvgIpc) is 3.14. The highest BCUT2D eigenvalue weighted by molar-refractivity contribution is 5.20. The van der Waals surface area contributed by atoms with Gasteiger partial charge in [0.2, 0.25) is 0 Å². The van der Waals surface area contributed by atoms with Gasteiger partial charge in [-0.15, -0.1) is 11.7 Å². The lowest BCUT2D eigenvalue weighted by Gasteiger charge is -2.31. The second kappa shape index (κ2) is 7.06. The molecule has 2 aromatic heterocycles. The van der Waals surface area contributed by atoms with Crippen molar-refractivity contribution in [3.63, 3.8) is 0 Å². The number of aromatic nitrogens is 5. The van der Waals surface area contributed by atoms with Crippen molar-refractivity contribution in [3.05, 3.63) is 42.0 Å². The molecule has 0 fully saturated rings. The van der Waals surface area contributed by atoms with Crippen molar-refractivity contribution in [1.82, 2.24) is 29.7 Å². The fraction of sp³-hybridized carbons (Fsp3) is 0.562. The van der Waals surface area contributed by atoms with Crippen molar-refractivity contribution in [3.8, 4) is 0 Å². The van der Waals surface area contributed by atoms with Gasteiger partial charge >= 0.3 is 0 Å². The van der Waals surface area contributed by atoms with Crippen LogP contribution in [0.2, 0.25) is 0 Å². The Kier molecular flexibility index (Phi) is 4.88. The predicted molar refractivity (Wildman–Crippen MR) is 86.8 cm³/mol. The largest absolute Gasteiger partial charge is 0.377 e. The van der Waals surface area contributed by atoms with Crippen LogP contribution in [0.1, 0.15) is 29.8 Å². The molecule has 1 atom stereocenters. The van der Waals surface area contributed by atoms with Crippen molar-refractivity contribution in [2.24, 2.45) is 7.05 Å². The standard InChI is InChI=1S/C16H24N6O/c1-4-6-23-12-14-10-21(8-13-7-17-22(5-2)9-13)11-15-16(14)20(3)19-18-15/h4,7,9,14H,1,5-6,8,10-12H2,2-3H3. The monoisotopic (exact) mass is 316 g/mol. The maximum absolute atomic E-state index is 5.69. The van der Waals surface area contributed by atoms with E-state index in [9.17, 15) is 0 Å². The summed E-state index contributed by atoms with van der Waals surface area (Å²) in [5, 5.41) is 12.9. The van der Waals surface area contributed by atoms with Crippen molar-refractivity contribution >= 4 is 0 Å². The van der Waals surface area contributed by atoms with E-state index in [1.54, 1.807) is 6.08 Å². The third kappa shape index (κ3) is 3.51. The first-order chi connectivity index (χ1) is 11.2. The Morgan fingerprint density at radius 3 is 3.09 bits per heavy atom. The van der Waals surface area contributed by atoms with Crippen LogP contribution < -0.4 is 0 Å².